The number of hydrogen-bond donors (Lipinski definition) is 3. The molecule has 2 unspecified atom stereocenters. The highest BCUT2D eigenvalue weighted by molar-refractivity contribution is 7.92. The van der Waals surface area contributed by atoms with E-state index in [1.807, 2.05) is 30.3 Å². The van der Waals surface area contributed by atoms with E-state index in [1.165, 1.54) is 31.2 Å². The van der Waals surface area contributed by atoms with E-state index in [2.05, 4.69) is 0 Å². The largest absolute Gasteiger partial charge is 0.505 e. The van der Waals surface area contributed by atoms with Gasteiger partial charge in [0.05, 0.1) is 29.0 Å². The Balaban J connectivity index is 2.25. The molecule has 4 N–H and O–H groups in total. The molecule has 0 aliphatic heterocycles. The van der Waals surface area contributed by atoms with Gasteiger partial charge in [0.15, 0.2) is 9.84 Å². The van der Waals surface area contributed by atoms with Crippen molar-refractivity contribution in [1.82, 2.24) is 0 Å². The molecule has 0 fully saturated rings. The summed E-state index contributed by atoms with van der Waals surface area (Å²) in [6, 6.07) is 17.2. The van der Waals surface area contributed by atoms with Crippen molar-refractivity contribution in [3.8, 4) is 5.75 Å². The van der Waals surface area contributed by atoms with E-state index < -0.39 is 37.8 Å². The van der Waals surface area contributed by atoms with Crippen molar-refractivity contribution in [1.29, 1.82) is 0 Å². The van der Waals surface area contributed by atoms with Crippen LogP contribution in [-0.2, 0) is 26.3 Å². The summed E-state index contributed by atoms with van der Waals surface area (Å²) < 4.78 is 51.1. The van der Waals surface area contributed by atoms with Crippen molar-refractivity contribution in [3.05, 3.63) is 83.4 Å². The third-order valence-electron chi connectivity index (χ3n) is 5.49. The van der Waals surface area contributed by atoms with Crippen LogP contribution in [0.2, 0.25) is 0 Å². The van der Waals surface area contributed by atoms with Crippen molar-refractivity contribution < 1.29 is 27.0 Å². The maximum absolute atomic E-state index is 13.1. The monoisotopic (exact) mass is 504 g/mol. The number of nitrogen functional groups attached to an aromatic ring is 1. The highest BCUT2D eigenvalue weighted by atomic mass is 32.2. The molecule has 8 nitrogen and oxygen atoms in total. The molecule has 34 heavy (non-hydrogen) atoms. The number of sulfone groups is 1. The Hall–Kier alpha value is -3.08. The highest BCUT2D eigenvalue weighted by Crippen LogP contribution is 2.43. The number of sulfonamides is 1. The molecule has 10 heteroatoms. The number of phenols is 1. The highest BCUT2D eigenvalue weighted by Gasteiger charge is 2.32. The van der Waals surface area contributed by atoms with E-state index in [-0.39, 0.29) is 28.3 Å². The Morgan fingerprint density at radius 3 is 2.00 bits per heavy atom. The Morgan fingerprint density at radius 2 is 1.50 bits per heavy atom. The van der Waals surface area contributed by atoms with Crippen molar-refractivity contribution in [2.75, 3.05) is 22.6 Å². The molecule has 3 aromatic rings. The van der Waals surface area contributed by atoms with Gasteiger partial charge in [0.25, 0.3) is 0 Å². The molecule has 3 aromatic carbocycles. The van der Waals surface area contributed by atoms with Crippen molar-refractivity contribution in [3.63, 3.8) is 0 Å². The Labute approximate surface area is 200 Å². The number of phenolic OH excluding ortho intramolecular Hbond substituents is 1. The maximum Gasteiger partial charge on any atom is 0.232 e. The zero-order valence-corrected chi connectivity index (χ0v) is 20.7. The molecule has 0 aliphatic rings. The molecule has 0 spiro atoms. The van der Waals surface area contributed by atoms with Gasteiger partial charge in [-0.25, -0.2) is 16.8 Å². The molecule has 0 saturated heterocycles. The van der Waals surface area contributed by atoms with Gasteiger partial charge in [-0.3, -0.25) is 4.31 Å². The fourth-order valence-electron chi connectivity index (χ4n) is 3.92. The van der Waals surface area contributed by atoms with Crippen LogP contribution < -0.4 is 10.0 Å². The third kappa shape index (κ3) is 5.52. The van der Waals surface area contributed by atoms with E-state index in [4.69, 9.17) is 5.73 Å². The van der Waals surface area contributed by atoms with Crippen molar-refractivity contribution in [2.45, 2.75) is 30.4 Å². The molecule has 0 aliphatic carbocycles. The number of nitrogens with two attached hydrogens (primary N) is 1. The summed E-state index contributed by atoms with van der Waals surface area (Å²) >= 11 is 0. The first kappa shape index (κ1) is 25.5. The molecule has 182 valence electrons. The van der Waals surface area contributed by atoms with Crippen LogP contribution in [0.1, 0.15) is 35.8 Å². The molecule has 0 bridgehead atoms. The van der Waals surface area contributed by atoms with Gasteiger partial charge in [-0.15, -0.1) is 0 Å². The Morgan fingerprint density at radius 1 is 0.912 bits per heavy atom. The topological polar surface area (TPSA) is 138 Å². The minimum atomic E-state index is -3.97. The molecule has 0 saturated carbocycles. The van der Waals surface area contributed by atoms with Gasteiger partial charge in [0.2, 0.25) is 10.0 Å². The second-order valence-electron chi connectivity index (χ2n) is 8.22. The van der Waals surface area contributed by atoms with Crippen LogP contribution in [0.15, 0.2) is 71.6 Å². The number of aromatic hydroxyl groups is 1. The van der Waals surface area contributed by atoms with E-state index >= 15 is 0 Å². The number of benzene rings is 3. The third-order valence-corrected chi connectivity index (χ3v) is 7.78. The van der Waals surface area contributed by atoms with E-state index in [1.54, 1.807) is 12.1 Å². The number of hydrogen-bond acceptors (Lipinski definition) is 7. The summed E-state index contributed by atoms with van der Waals surface area (Å²) in [6.07, 6.45) is 1.21. The standard InChI is InChI=1S/C24H28N2O6S2/c1-16(27)23-20(25)13-14-21(24(23)28)26(34(3,31)32)22(15-17-7-5-4-6-8-17)18-9-11-19(12-10-18)33(2,29)30/h4-14,16,22,27-28H,15,25H2,1-3H3. The molecule has 3 rings (SSSR count). The molecule has 0 radical (unpaired) electrons. The molecule has 0 heterocycles. The normalized spacial score (nSPS) is 13.9. The summed E-state index contributed by atoms with van der Waals surface area (Å²) in [6.45, 7) is 1.42. The Bertz CT molecular complexity index is 1370. The summed E-state index contributed by atoms with van der Waals surface area (Å²) in [5, 5.41) is 21.1. The van der Waals surface area contributed by atoms with Crippen LogP contribution in [0.25, 0.3) is 0 Å². The Kier molecular flexibility index (Phi) is 7.25. The van der Waals surface area contributed by atoms with Crippen LogP contribution >= 0.6 is 0 Å². The fourth-order valence-corrected chi connectivity index (χ4v) is 5.71. The van der Waals surface area contributed by atoms with Gasteiger partial charge in [0, 0.05) is 17.5 Å². The number of rotatable bonds is 8. The summed E-state index contributed by atoms with van der Waals surface area (Å²) in [7, 11) is -7.41. The van der Waals surface area contributed by atoms with Gasteiger partial charge in [-0.05, 0) is 48.7 Å². The second-order valence-corrected chi connectivity index (χ2v) is 12.1. The van der Waals surface area contributed by atoms with Crippen LogP contribution in [0.4, 0.5) is 11.4 Å². The van der Waals surface area contributed by atoms with Gasteiger partial charge >= 0.3 is 0 Å². The molecule has 2 atom stereocenters. The maximum atomic E-state index is 13.1. The predicted molar refractivity (Wildman–Crippen MR) is 133 cm³/mol. The summed E-state index contributed by atoms with van der Waals surface area (Å²) in [4.78, 5) is 0.104. The minimum Gasteiger partial charge on any atom is -0.505 e. The predicted octanol–water partition coefficient (Wildman–Crippen LogP) is 3.18. The zero-order chi connectivity index (χ0) is 25.3. The lowest BCUT2D eigenvalue weighted by Crippen LogP contribution is -2.35. The van der Waals surface area contributed by atoms with Crippen LogP contribution in [0.5, 0.6) is 5.75 Å². The zero-order valence-electron chi connectivity index (χ0n) is 19.1. The molecular formula is C24H28N2O6S2. The first-order valence-corrected chi connectivity index (χ1v) is 14.2. The lowest BCUT2D eigenvalue weighted by Gasteiger charge is -2.33. The first-order valence-electron chi connectivity index (χ1n) is 10.4. The molecular weight excluding hydrogens is 476 g/mol. The number of nitrogens with zero attached hydrogens (tertiary/aromatic N) is 1. The fraction of sp³-hybridized carbons (Fsp3) is 0.250. The van der Waals surface area contributed by atoms with E-state index in [9.17, 15) is 27.0 Å². The van der Waals surface area contributed by atoms with Crippen molar-refractivity contribution in [2.24, 2.45) is 0 Å². The average Bonchev–Trinajstić information content (AvgIpc) is 2.74. The van der Waals surface area contributed by atoms with Gasteiger partial charge in [-0.1, -0.05) is 42.5 Å². The van der Waals surface area contributed by atoms with E-state index in [0.29, 0.717) is 5.56 Å². The average molecular weight is 505 g/mol. The number of aliphatic hydroxyl groups is 1. The second kappa shape index (κ2) is 9.65. The van der Waals surface area contributed by atoms with E-state index in [0.717, 1.165) is 22.4 Å². The smallest absolute Gasteiger partial charge is 0.232 e. The van der Waals surface area contributed by atoms with Crippen LogP contribution in [-0.4, -0.2) is 39.6 Å². The molecule has 0 amide bonds. The first-order chi connectivity index (χ1) is 15.8. The summed E-state index contributed by atoms with van der Waals surface area (Å²) in [5.74, 6) is -0.439. The molecule has 0 aromatic heterocycles. The SMILES string of the molecule is CC(O)c1c(N)ccc(N(C(Cc2ccccc2)c2ccc(S(C)(=O)=O)cc2)S(C)(=O)=O)c1O. The minimum absolute atomic E-state index is 0.0250. The van der Waals surface area contributed by atoms with Crippen LogP contribution in [0, 0.1) is 0 Å². The quantitative estimate of drug-likeness (QED) is 0.401. The number of anilines is 2. The van der Waals surface area contributed by atoms with Gasteiger partial charge in [0.1, 0.15) is 5.75 Å². The van der Waals surface area contributed by atoms with Gasteiger partial charge in [-0.2, -0.15) is 0 Å². The van der Waals surface area contributed by atoms with Crippen LogP contribution in [0.3, 0.4) is 0 Å². The lowest BCUT2D eigenvalue weighted by atomic mass is 9.97. The van der Waals surface area contributed by atoms with Gasteiger partial charge < -0.3 is 15.9 Å². The lowest BCUT2D eigenvalue weighted by molar-refractivity contribution is 0.196. The van der Waals surface area contributed by atoms with Crippen molar-refractivity contribution >= 4 is 31.2 Å². The summed E-state index contributed by atoms with van der Waals surface area (Å²) in [5.41, 5.74) is 7.39. The number of aliphatic hydroxyl groups excluding tert-OH is 1.